The van der Waals surface area contributed by atoms with Crippen LogP contribution >= 0.6 is 31.9 Å². The predicted octanol–water partition coefficient (Wildman–Crippen LogP) is 3.19. The van der Waals surface area contributed by atoms with Gasteiger partial charge < -0.3 is 4.90 Å². The Labute approximate surface area is 159 Å². The van der Waals surface area contributed by atoms with Crippen LogP contribution in [0.25, 0.3) is 0 Å². The Morgan fingerprint density at radius 1 is 1.40 bits per heavy atom. The van der Waals surface area contributed by atoms with Crippen LogP contribution in [0.1, 0.15) is 17.3 Å². The molecule has 0 bridgehead atoms. The van der Waals surface area contributed by atoms with Gasteiger partial charge in [-0.1, -0.05) is 43.6 Å². The number of nitro benzene ring substituents is 1. The van der Waals surface area contributed by atoms with Crippen LogP contribution in [0.15, 0.2) is 12.1 Å². The van der Waals surface area contributed by atoms with E-state index in [0.717, 1.165) is 23.7 Å². The Kier molecular flexibility index (Phi) is 10.1. The van der Waals surface area contributed by atoms with Crippen LogP contribution in [0.4, 0.5) is 11.4 Å². The van der Waals surface area contributed by atoms with Crippen LogP contribution in [0.2, 0.25) is 0 Å². The zero-order valence-electron chi connectivity index (χ0n) is 10.9. The van der Waals surface area contributed by atoms with E-state index in [1.807, 2.05) is 4.90 Å². The number of carbonyl (C=O) groups excluding carboxylic acids is 1. The van der Waals surface area contributed by atoms with E-state index in [9.17, 15) is 14.9 Å². The van der Waals surface area contributed by atoms with Gasteiger partial charge in [-0.25, -0.2) is 0 Å². The summed E-state index contributed by atoms with van der Waals surface area (Å²) in [7, 11) is 0. The normalized spacial score (nSPS) is 9.75. The molecule has 0 amide bonds. The predicted molar refractivity (Wildman–Crippen MR) is 81.7 cm³/mol. The molecule has 0 aliphatic rings. The van der Waals surface area contributed by atoms with Crippen molar-refractivity contribution in [1.29, 1.82) is 0 Å². The molecule has 0 atom stereocenters. The van der Waals surface area contributed by atoms with Gasteiger partial charge in [0.05, 0.1) is 0 Å². The summed E-state index contributed by atoms with van der Waals surface area (Å²) in [6.07, 6.45) is 0. The standard InChI is InChI=1S/C12H13Br2N2O3.Y/c1-9(17)11-8-10(2-3-12(11)16(18)19)15(6-4-13)7-5-14;/h3,8H,4-7H2,1H3;/q-1;. The quantitative estimate of drug-likeness (QED) is 0.197. The minimum absolute atomic E-state index is 0. The van der Waals surface area contributed by atoms with Crippen molar-refractivity contribution in [2.24, 2.45) is 0 Å². The first-order chi connectivity index (χ1) is 9.01. The first-order valence-electron chi connectivity index (χ1n) is 5.59. The van der Waals surface area contributed by atoms with Crippen molar-refractivity contribution >= 4 is 49.0 Å². The monoisotopic (exact) mass is 480 g/mol. The summed E-state index contributed by atoms with van der Waals surface area (Å²) in [5.41, 5.74) is 0.608. The second kappa shape index (κ2) is 9.98. The summed E-state index contributed by atoms with van der Waals surface area (Å²) < 4.78 is 0. The Hall–Kier alpha value is 0.154. The molecule has 1 aromatic carbocycles. The fraction of sp³-hybridized carbons (Fsp3) is 0.417. The summed E-state index contributed by atoms with van der Waals surface area (Å²) in [6.45, 7) is 2.79. The molecule has 1 radical (unpaired) electrons. The molecule has 0 saturated heterocycles. The molecule has 8 heteroatoms. The van der Waals surface area contributed by atoms with E-state index in [1.165, 1.54) is 19.1 Å². The third-order valence-electron chi connectivity index (χ3n) is 2.54. The van der Waals surface area contributed by atoms with E-state index < -0.39 is 4.92 Å². The number of benzene rings is 1. The number of nitrogens with zero attached hydrogens (tertiary/aromatic N) is 2. The van der Waals surface area contributed by atoms with Gasteiger partial charge in [0.15, 0.2) is 5.69 Å². The van der Waals surface area contributed by atoms with Gasteiger partial charge in [-0.05, 0) is 12.5 Å². The molecule has 0 aliphatic heterocycles. The third-order valence-corrected chi connectivity index (χ3v) is 3.25. The van der Waals surface area contributed by atoms with Gasteiger partial charge in [0.1, 0.15) is 5.78 Å². The molecule has 0 N–H and O–H groups in total. The van der Waals surface area contributed by atoms with Crippen LogP contribution in [-0.2, 0) is 32.7 Å². The van der Waals surface area contributed by atoms with Crippen LogP contribution < -0.4 is 4.90 Å². The minimum Gasteiger partial charge on any atom is -0.392 e. The number of hydrogen-bond donors (Lipinski definition) is 0. The largest absolute Gasteiger partial charge is 0.392 e. The summed E-state index contributed by atoms with van der Waals surface area (Å²) in [5, 5.41) is 12.4. The number of nitro groups is 1. The van der Waals surface area contributed by atoms with Gasteiger partial charge in [0.2, 0.25) is 0 Å². The SMILES string of the molecule is CC(=O)c1cc(N(CCBr)CCBr)[c-]cc1[N+](=O)[O-].[Y]. The van der Waals surface area contributed by atoms with E-state index in [1.54, 1.807) is 0 Å². The third kappa shape index (κ3) is 5.50. The first kappa shape index (κ1) is 20.2. The summed E-state index contributed by atoms with van der Waals surface area (Å²) in [6, 6.07) is 5.67. The molecule has 20 heavy (non-hydrogen) atoms. The van der Waals surface area contributed by atoms with Gasteiger partial charge in [-0.2, -0.15) is 6.07 Å². The maximum Gasteiger partial charge on any atom is 0.173 e. The number of ketones is 1. The molecule has 0 fully saturated rings. The maximum absolute atomic E-state index is 11.5. The summed E-state index contributed by atoms with van der Waals surface area (Å²) in [5.74, 6) is -0.320. The molecule has 0 spiro atoms. The molecular formula is C12H13Br2N2O3Y-. The smallest absolute Gasteiger partial charge is 0.173 e. The van der Waals surface area contributed by atoms with E-state index in [4.69, 9.17) is 0 Å². The fourth-order valence-electron chi connectivity index (χ4n) is 1.64. The Morgan fingerprint density at radius 3 is 2.35 bits per heavy atom. The van der Waals surface area contributed by atoms with Gasteiger partial charge in [0.25, 0.3) is 0 Å². The van der Waals surface area contributed by atoms with Crippen LogP contribution in [0.3, 0.4) is 0 Å². The van der Waals surface area contributed by atoms with Crippen molar-refractivity contribution in [2.45, 2.75) is 6.92 Å². The van der Waals surface area contributed by atoms with Crippen LogP contribution in [-0.4, -0.2) is 34.5 Å². The summed E-state index contributed by atoms with van der Waals surface area (Å²) >= 11 is 6.71. The number of carbonyl (C=O) groups is 1. The van der Waals surface area contributed by atoms with Gasteiger partial charge >= 0.3 is 0 Å². The van der Waals surface area contributed by atoms with E-state index in [-0.39, 0.29) is 49.7 Å². The molecule has 0 heterocycles. The molecule has 0 unspecified atom stereocenters. The van der Waals surface area contributed by atoms with Gasteiger partial charge in [-0.15, -0.1) is 6.07 Å². The van der Waals surface area contributed by atoms with Crippen molar-refractivity contribution in [3.63, 3.8) is 0 Å². The number of Topliss-reactive ketones (excluding diaryl/α,β-unsaturated/α-hetero) is 1. The molecule has 0 aromatic heterocycles. The molecule has 107 valence electrons. The van der Waals surface area contributed by atoms with Crippen molar-refractivity contribution in [3.05, 3.63) is 33.9 Å². The number of hydrogen-bond acceptors (Lipinski definition) is 4. The minimum atomic E-state index is -0.559. The zero-order chi connectivity index (χ0) is 14.4. The number of anilines is 1. The molecule has 0 aliphatic carbocycles. The first-order valence-corrected chi connectivity index (χ1v) is 7.83. The van der Waals surface area contributed by atoms with Crippen molar-refractivity contribution < 1.29 is 42.4 Å². The summed E-state index contributed by atoms with van der Waals surface area (Å²) in [4.78, 5) is 23.8. The molecular weight excluding hydrogens is 469 g/mol. The second-order valence-corrected chi connectivity index (χ2v) is 5.38. The molecule has 1 rings (SSSR count). The van der Waals surface area contributed by atoms with Crippen molar-refractivity contribution in [1.82, 2.24) is 0 Å². The molecule has 1 aromatic rings. The zero-order valence-corrected chi connectivity index (χ0v) is 16.9. The number of alkyl halides is 2. The van der Waals surface area contributed by atoms with E-state index in [2.05, 4.69) is 37.9 Å². The van der Waals surface area contributed by atoms with Crippen LogP contribution in [0.5, 0.6) is 0 Å². The Balaban J connectivity index is 0.00000361. The maximum atomic E-state index is 11.5. The topological polar surface area (TPSA) is 63.5 Å². The van der Waals surface area contributed by atoms with Crippen molar-refractivity contribution in [3.8, 4) is 0 Å². The molecule has 0 saturated carbocycles. The number of halogens is 2. The Bertz CT molecular complexity index is 480. The van der Waals surface area contributed by atoms with Crippen LogP contribution in [0, 0.1) is 16.2 Å². The fourth-order valence-corrected chi connectivity index (χ4v) is 2.50. The second-order valence-electron chi connectivity index (χ2n) is 3.80. The number of rotatable bonds is 7. The van der Waals surface area contributed by atoms with Gasteiger partial charge in [-0.3, -0.25) is 14.9 Å². The average molecular weight is 482 g/mol. The Morgan fingerprint density at radius 2 is 1.95 bits per heavy atom. The van der Waals surface area contributed by atoms with Crippen molar-refractivity contribution in [2.75, 3.05) is 28.6 Å². The van der Waals surface area contributed by atoms with E-state index >= 15 is 0 Å². The van der Waals surface area contributed by atoms with E-state index in [0.29, 0.717) is 5.69 Å². The average Bonchev–Trinajstić information content (AvgIpc) is 2.37. The molecule has 5 nitrogen and oxygen atoms in total. The van der Waals surface area contributed by atoms with Gasteiger partial charge in [0, 0.05) is 61.4 Å².